The van der Waals surface area contributed by atoms with Crippen LogP contribution in [0.3, 0.4) is 0 Å². The summed E-state index contributed by atoms with van der Waals surface area (Å²) in [5, 5.41) is 3.29. The summed E-state index contributed by atoms with van der Waals surface area (Å²) >= 11 is 0. The zero-order valence-corrected chi connectivity index (χ0v) is 9.16. The first-order chi connectivity index (χ1) is 7.24. The molecule has 0 spiro atoms. The van der Waals surface area contributed by atoms with E-state index in [1.54, 1.807) is 12.4 Å². The van der Waals surface area contributed by atoms with Gasteiger partial charge in [-0.25, -0.2) is 9.97 Å². The molecule has 1 fully saturated rings. The topological polar surface area (TPSA) is 63.8 Å². The molecule has 1 aliphatic rings. The van der Waals surface area contributed by atoms with Crippen LogP contribution in [0.5, 0.6) is 0 Å². The lowest BCUT2D eigenvalue weighted by atomic mass is 9.67. The van der Waals surface area contributed by atoms with Crippen molar-refractivity contribution in [2.45, 2.75) is 32.6 Å². The van der Waals surface area contributed by atoms with Gasteiger partial charge in [-0.1, -0.05) is 13.3 Å². The zero-order valence-electron chi connectivity index (χ0n) is 9.16. The average molecular weight is 206 g/mol. The summed E-state index contributed by atoms with van der Waals surface area (Å²) in [6.45, 7) is 3.23. The van der Waals surface area contributed by atoms with Gasteiger partial charge in [0.15, 0.2) is 0 Å². The molecule has 0 radical (unpaired) electrons. The van der Waals surface area contributed by atoms with Crippen molar-refractivity contribution in [2.75, 3.05) is 17.6 Å². The summed E-state index contributed by atoms with van der Waals surface area (Å²) in [5.74, 6) is 0.684. The standard InChI is InChI=1S/C11H18N4/c1-2-11(4-3-5-11)8-15-10-13-6-9(12)7-14-10/h6-7H,2-5,8,12H2,1H3,(H,13,14,15). The Labute approximate surface area is 90.3 Å². The summed E-state index contributed by atoms with van der Waals surface area (Å²) in [7, 11) is 0. The normalized spacial score (nSPS) is 18.2. The molecule has 82 valence electrons. The Morgan fingerprint density at radius 2 is 2.07 bits per heavy atom. The van der Waals surface area contributed by atoms with Crippen LogP contribution < -0.4 is 11.1 Å². The Bertz CT molecular complexity index is 310. The molecule has 0 aromatic carbocycles. The predicted molar refractivity (Wildman–Crippen MR) is 61.5 cm³/mol. The first kappa shape index (κ1) is 10.2. The number of rotatable bonds is 4. The number of hydrogen-bond acceptors (Lipinski definition) is 4. The number of nitrogens with zero attached hydrogens (tertiary/aromatic N) is 2. The van der Waals surface area contributed by atoms with Crippen molar-refractivity contribution in [1.82, 2.24) is 9.97 Å². The Balaban J connectivity index is 1.90. The fourth-order valence-electron chi connectivity index (χ4n) is 2.03. The molecular formula is C11H18N4. The quantitative estimate of drug-likeness (QED) is 0.791. The van der Waals surface area contributed by atoms with Crippen molar-refractivity contribution in [3.8, 4) is 0 Å². The monoisotopic (exact) mass is 206 g/mol. The van der Waals surface area contributed by atoms with Gasteiger partial charge in [0.25, 0.3) is 0 Å². The van der Waals surface area contributed by atoms with Crippen LogP contribution in [0.2, 0.25) is 0 Å². The van der Waals surface area contributed by atoms with Gasteiger partial charge in [0.2, 0.25) is 5.95 Å². The molecule has 0 bridgehead atoms. The van der Waals surface area contributed by atoms with E-state index < -0.39 is 0 Å². The van der Waals surface area contributed by atoms with Crippen LogP contribution in [-0.2, 0) is 0 Å². The third kappa shape index (κ3) is 2.19. The molecule has 0 saturated heterocycles. The second kappa shape index (κ2) is 4.04. The van der Waals surface area contributed by atoms with E-state index in [-0.39, 0.29) is 0 Å². The SMILES string of the molecule is CCC1(CNc2ncc(N)cn2)CCC1. The highest BCUT2D eigenvalue weighted by Gasteiger charge is 2.34. The molecule has 1 heterocycles. The highest BCUT2D eigenvalue weighted by atomic mass is 15.1. The molecule has 0 atom stereocenters. The summed E-state index contributed by atoms with van der Waals surface area (Å²) < 4.78 is 0. The van der Waals surface area contributed by atoms with Crippen LogP contribution in [0.4, 0.5) is 11.6 Å². The van der Waals surface area contributed by atoms with Crippen molar-refractivity contribution in [2.24, 2.45) is 5.41 Å². The van der Waals surface area contributed by atoms with Gasteiger partial charge in [0.1, 0.15) is 0 Å². The predicted octanol–water partition coefficient (Wildman–Crippen LogP) is 2.05. The lowest BCUT2D eigenvalue weighted by molar-refractivity contribution is 0.144. The van der Waals surface area contributed by atoms with Crippen LogP contribution in [0, 0.1) is 5.41 Å². The molecular weight excluding hydrogens is 188 g/mol. The largest absolute Gasteiger partial charge is 0.396 e. The third-order valence-electron chi connectivity index (χ3n) is 3.46. The molecule has 1 aromatic rings. The van der Waals surface area contributed by atoms with Crippen molar-refractivity contribution in [3.05, 3.63) is 12.4 Å². The number of nitrogens with two attached hydrogens (primary N) is 1. The van der Waals surface area contributed by atoms with Crippen LogP contribution in [0.1, 0.15) is 32.6 Å². The second-order valence-electron chi connectivity index (χ2n) is 4.40. The van der Waals surface area contributed by atoms with Crippen LogP contribution in [0.15, 0.2) is 12.4 Å². The highest BCUT2D eigenvalue weighted by molar-refractivity contribution is 5.36. The maximum absolute atomic E-state index is 5.52. The van der Waals surface area contributed by atoms with E-state index in [9.17, 15) is 0 Å². The maximum Gasteiger partial charge on any atom is 0.222 e. The first-order valence-corrected chi connectivity index (χ1v) is 5.55. The van der Waals surface area contributed by atoms with E-state index in [0.29, 0.717) is 17.1 Å². The number of anilines is 2. The molecule has 1 aliphatic carbocycles. The van der Waals surface area contributed by atoms with Gasteiger partial charge in [0, 0.05) is 6.54 Å². The summed E-state index contributed by atoms with van der Waals surface area (Å²) in [4.78, 5) is 8.25. The fourth-order valence-corrected chi connectivity index (χ4v) is 2.03. The van der Waals surface area contributed by atoms with Gasteiger partial charge in [-0.05, 0) is 24.7 Å². The van der Waals surface area contributed by atoms with Gasteiger partial charge in [-0.2, -0.15) is 0 Å². The van der Waals surface area contributed by atoms with Gasteiger partial charge in [0.05, 0.1) is 18.1 Å². The molecule has 3 N–H and O–H groups in total. The summed E-state index contributed by atoms with van der Waals surface area (Å²) in [6, 6.07) is 0. The van der Waals surface area contributed by atoms with E-state index in [2.05, 4.69) is 22.2 Å². The zero-order chi connectivity index (χ0) is 10.7. The smallest absolute Gasteiger partial charge is 0.222 e. The molecule has 2 rings (SSSR count). The fraction of sp³-hybridized carbons (Fsp3) is 0.636. The molecule has 0 amide bonds. The Kier molecular flexibility index (Phi) is 2.75. The molecule has 4 heteroatoms. The van der Waals surface area contributed by atoms with Crippen molar-refractivity contribution in [1.29, 1.82) is 0 Å². The summed E-state index contributed by atoms with van der Waals surface area (Å²) in [6.07, 6.45) is 8.51. The summed E-state index contributed by atoms with van der Waals surface area (Å²) in [5.41, 5.74) is 6.62. The minimum atomic E-state index is 0.491. The number of hydrogen-bond donors (Lipinski definition) is 2. The molecule has 1 saturated carbocycles. The lowest BCUT2D eigenvalue weighted by Crippen LogP contribution is -2.36. The van der Waals surface area contributed by atoms with Crippen LogP contribution in [-0.4, -0.2) is 16.5 Å². The molecule has 0 unspecified atom stereocenters. The van der Waals surface area contributed by atoms with Crippen LogP contribution in [0.25, 0.3) is 0 Å². The second-order valence-corrected chi connectivity index (χ2v) is 4.40. The number of nitrogen functional groups attached to an aromatic ring is 1. The first-order valence-electron chi connectivity index (χ1n) is 5.55. The Hall–Kier alpha value is -1.32. The Morgan fingerprint density at radius 1 is 1.40 bits per heavy atom. The maximum atomic E-state index is 5.52. The molecule has 15 heavy (non-hydrogen) atoms. The van der Waals surface area contributed by atoms with Gasteiger partial charge >= 0.3 is 0 Å². The number of aromatic nitrogens is 2. The lowest BCUT2D eigenvalue weighted by Gasteiger charge is -2.41. The average Bonchev–Trinajstić information content (AvgIpc) is 2.20. The van der Waals surface area contributed by atoms with Crippen molar-refractivity contribution < 1.29 is 0 Å². The number of nitrogens with one attached hydrogen (secondary N) is 1. The van der Waals surface area contributed by atoms with E-state index in [0.717, 1.165) is 6.54 Å². The van der Waals surface area contributed by atoms with E-state index in [1.165, 1.54) is 25.7 Å². The Morgan fingerprint density at radius 3 is 2.53 bits per heavy atom. The van der Waals surface area contributed by atoms with E-state index in [4.69, 9.17) is 5.73 Å². The van der Waals surface area contributed by atoms with Gasteiger partial charge in [-0.3, -0.25) is 0 Å². The van der Waals surface area contributed by atoms with Gasteiger partial charge < -0.3 is 11.1 Å². The molecule has 1 aromatic heterocycles. The highest BCUT2D eigenvalue weighted by Crippen LogP contribution is 2.43. The van der Waals surface area contributed by atoms with Crippen LogP contribution >= 0.6 is 0 Å². The van der Waals surface area contributed by atoms with Crippen molar-refractivity contribution in [3.63, 3.8) is 0 Å². The molecule has 0 aliphatic heterocycles. The third-order valence-corrected chi connectivity index (χ3v) is 3.46. The minimum Gasteiger partial charge on any atom is -0.396 e. The van der Waals surface area contributed by atoms with Gasteiger partial charge in [-0.15, -0.1) is 0 Å². The minimum absolute atomic E-state index is 0.491. The van der Waals surface area contributed by atoms with Crippen molar-refractivity contribution >= 4 is 11.6 Å². The molecule has 4 nitrogen and oxygen atoms in total. The van der Waals surface area contributed by atoms with E-state index >= 15 is 0 Å². The van der Waals surface area contributed by atoms with E-state index in [1.807, 2.05) is 0 Å².